The van der Waals surface area contributed by atoms with Gasteiger partial charge in [0.25, 0.3) is 5.91 Å². The van der Waals surface area contributed by atoms with Crippen LogP contribution in [0.5, 0.6) is 0 Å². The minimum atomic E-state index is 0.115. The van der Waals surface area contributed by atoms with Gasteiger partial charge in [0.05, 0.1) is 0 Å². The average Bonchev–Trinajstić information content (AvgIpc) is 2.75. The summed E-state index contributed by atoms with van der Waals surface area (Å²) >= 11 is 0. The standard InChI is InChI=1S/C13H17NO.C2H6/c1-3-5-11-9(4-2)6-7-10-8-14-13(15)12(10)11;1-2/h6-7H,3-5,8H2,1-2H3,(H,14,15);1-2H3. The molecule has 0 aliphatic carbocycles. The molecule has 1 aliphatic rings. The number of carbonyl (C=O) groups excluding carboxylic acids is 1. The molecular weight excluding hydrogens is 210 g/mol. The van der Waals surface area contributed by atoms with Crippen LogP contribution in [0, 0.1) is 0 Å². The van der Waals surface area contributed by atoms with Gasteiger partial charge in [0.15, 0.2) is 0 Å². The first-order valence-electron chi connectivity index (χ1n) is 6.69. The molecule has 0 saturated heterocycles. The normalized spacial score (nSPS) is 12.6. The highest BCUT2D eigenvalue weighted by molar-refractivity contribution is 6.00. The molecule has 1 aromatic rings. The zero-order chi connectivity index (χ0) is 12.8. The van der Waals surface area contributed by atoms with Crippen molar-refractivity contribution in [2.24, 2.45) is 0 Å². The van der Waals surface area contributed by atoms with Gasteiger partial charge in [-0.2, -0.15) is 0 Å². The summed E-state index contributed by atoms with van der Waals surface area (Å²) in [4.78, 5) is 11.7. The molecule has 2 nitrogen and oxygen atoms in total. The zero-order valence-electron chi connectivity index (χ0n) is 11.4. The van der Waals surface area contributed by atoms with Crippen molar-refractivity contribution in [2.45, 2.75) is 53.5 Å². The Morgan fingerprint density at radius 1 is 1.24 bits per heavy atom. The topological polar surface area (TPSA) is 29.1 Å². The van der Waals surface area contributed by atoms with Gasteiger partial charge in [0, 0.05) is 12.1 Å². The SMILES string of the molecule is CC.CCCc1c(CC)ccc2c1C(=O)NC2. The first-order valence-corrected chi connectivity index (χ1v) is 6.69. The Balaban J connectivity index is 0.000000686. The van der Waals surface area contributed by atoms with E-state index in [4.69, 9.17) is 0 Å². The second-order valence-electron chi connectivity index (χ2n) is 4.02. The lowest BCUT2D eigenvalue weighted by Gasteiger charge is -2.10. The number of aryl methyl sites for hydroxylation is 1. The molecule has 0 atom stereocenters. The van der Waals surface area contributed by atoms with E-state index in [0.717, 1.165) is 24.8 Å². The molecule has 2 heteroatoms. The van der Waals surface area contributed by atoms with Gasteiger partial charge in [-0.3, -0.25) is 4.79 Å². The Labute approximate surface area is 104 Å². The van der Waals surface area contributed by atoms with E-state index in [1.165, 1.54) is 16.7 Å². The maximum absolute atomic E-state index is 11.7. The molecule has 1 amide bonds. The highest BCUT2D eigenvalue weighted by atomic mass is 16.1. The van der Waals surface area contributed by atoms with Gasteiger partial charge >= 0.3 is 0 Å². The summed E-state index contributed by atoms with van der Waals surface area (Å²) in [6.07, 6.45) is 3.12. The Bertz CT molecular complexity index is 396. The average molecular weight is 233 g/mol. The fourth-order valence-corrected chi connectivity index (χ4v) is 2.30. The first-order chi connectivity index (χ1) is 8.27. The molecular formula is C15H23NO. The summed E-state index contributed by atoms with van der Waals surface area (Å²) < 4.78 is 0. The number of benzene rings is 1. The van der Waals surface area contributed by atoms with Crippen LogP contribution in [0.1, 0.15) is 61.2 Å². The van der Waals surface area contributed by atoms with Crippen molar-refractivity contribution in [3.8, 4) is 0 Å². The predicted octanol–water partition coefficient (Wildman–Crippen LogP) is 3.47. The van der Waals surface area contributed by atoms with Crippen molar-refractivity contribution in [1.82, 2.24) is 5.32 Å². The number of fused-ring (bicyclic) bond motifs is 1. The summed E-state index contributed by atoms with van der Waals surface area (Å²) in [6.45, 7) is 9.01. The third-order valence-electron chi connectivity index (χ3n) is 3.04. The van der Waals surface area contributed by atoms with Crippen LogP contribution < -0.4 is 5.32 Å². The maximum atomic E-state index is 11.7. The third kappa shape index (κ3) is 2.68. The van der Waals surface area contributed by atoms with Crippen LogP contribution in [0.15, 0.2) is 12.1 Å². The zero-order valence-corrected chi connectivity index (χ0v) is 11.4. The summed E-state index contributed by atoms with van der Waals surface area (Å²) in [5, 5.41) is 2.90. The molecule has 0 unspecified atom stereocenters. The van der Waals surface area contributed by atoms with Crippen molar-refractivity contribution >= 4 is 5.91 Å². The van der Waals surface area contributed by atoms with E-state index in [9.17, 15) is 4.79 Å². The lowest BCUT2D eigenvalue weighted by molar-refractivity contribution is 0.0965. The quantitative estimate of drug-likeness (QED) is 0.851. The monoisotopic (exact) mass is 233 g/mol. The second kappa shape index (κ2) is 6.43. The van der Waals surface area contributed by atoms with Gasteiger partial charge in [-0.1, -0.05) is 46.2 Å². The molecule has 1 aliphatic heterocycles. The molecule has 0 saturated carbocycles. The van der Waals surface area contributed by atoms with Gasteiger partial charge in [0.2, 0.25) is 0 Å². The molecule has 1 N–H and O–H groups in total. The summed E-state index contributed by atoms with van der Waals surface area (Å²) in [5.41, 5.74) is 4.72. The highest BCUT2D eigenvalue weighted by Gasteiger charge is 2.23. The fraction of sp³-hybridized carbons (Fsp3) is 0.533. The van der Waals surface area contributed by atoms with Gasteiger partial charge in [0.1, 0.15) is 0 Å². The molecule has 0 spiro atoms. The molecule has 17 heavy (non-hydrogen) atoms. The van der Waals surface area contributed by atoms with Crippen LogP contribution in [-0.2, 0) is 19.4 Å². The smallest absolute Gasteiger partial charge is 0.252 e. The second-order valence-corrected chi connectivity index (χ2v) is 4.02. The molecule has 0 fully saturated rings. The third-order valence-corrected chi connectivity index (χ3v) is 3.04. The molecule has 1 heterocycles. The Hall–Kier alpha value is -1.31. The van der Waals surface area contributed by atoms with E-state index in [0.29, 0.717) is 6.54 Å². The summed E-state index contributed by atoms with van der Waals surface area (Å²) in [6, 6.07) is 4.26. The number of hydrogen-bond donors (Lipinski definition) is 1. The minimum Gasteiger partial charge on any atom is -0.348 e. The van der Waals surface area contributed by atoms with Crippen molar-refractivity contribution in [2.75, 3.05) is 0 Å². The largest absolute Gasteiger partial charge is 0.348 e. The van der Waals surface area contributed by atoms with Gasteiger partial charge in [-0.15, -0.1) is 0 Å². The first kappa shape index (κ1) is 13.8. The Morgan fingerprint density at radius 2 is 1.94 bits per heavy atom. The number of nitrogens with one attached hydrogen (secondary N) is 1. The Morgan fingerprint density at radius 3 is 2.53 bits per heavy atom. The lowest BCUT2D eigenvalue weighted by atomic mass is 9.93. The van der Waals surface area contributed by atoms with E-state index in [1.54, 1.807) is 0 Å². The van der Waals surface area contributed by atoms with E-state index in [1.807, 2.05) is 13.8 Å². The van der Waals surface area contributed by atoms with Crippen LogP contribution in [-0.4, -0.2) is 5.91 Å². The van der Waals surface area contributed by atoms with Crippen LogP contribution in [0.4, 0.5) is 0 Å². The number of amides is 1. The van der Waals surface area contributed by atoms with Gasteiger partial charge < -0.3 is 5.32 Å². The molecule has 0 aromatic heterocycles. The molecule has 2 rings (SSSR count). The van der Waals surface area contributed by atoms with E-state index < -0.39 is 0 Å². The number of hydrogen-bond acceptors (Lipinski definition) is 1. The van der Waals surface area contributed by atoms with Crippen molar-refractivity contribution in [1.29, 1.82) is 0 Å². The van der Waals surface area contributed by atoms with Gasteiger partial charge in [-0.25, -0.2) is 0 Å². The molecule has 94 valence electrons. The van der Waals surface area contributed by atoms with E-state index in [2.05, 4.69) is 31.3 Å². The highest BCUT2D eigenvalue weighted by Crippen LogP contribution is 2.25. The van der Waals surface area contributed by atoms with Crippen molar-refractivity contribution < 1.29 is 4.79 Å². The summed E-state index contributed by atoms with van der Waals surface area (Å²) in [7, 11) is 0. The number of carbonyl (C=O) groups is 1. The molecule has 0 bridgehead atoms. The van der Waals surface area contributed by atoms with Gasteiger partial charge in [-0.05, 0) is 29.5 Å². The predicted molar refractivity (Wildman–Crippen MR) is 72.3 cm³/mol. The van der Waals surface area contributed by atoms with Crippen molar-refractivity contribution in [3.63, 3.8) is 0 Å². The maximum Gasteiger partial charge on any atom is 0.252 e. The lowest BCUT2D eigenvalue weighted by Crippen LogP contribution is -2.14. The molecule has 1 aromatic carbocycles. The van der Waals surface area contributed by atoms with E-state index >= 15 is 0 Å². The van der Waals surface area contributed by atoms with Crippen molar-refractivity contribution in [3.05, 3.63) is 34.4 Å². The summed E-state index contributed by atoms with van der Waals surface area (Å²) in [5.74, 6) is 0.115. The minimum absolute atomic E-state index is 0.115. The number of rotatable bonds is 3. The Kier molecular flexibility index (Phi) is 5.20. The van der Waals surface area contributed by atoms with Crippen LogP contribution in [0.3, 0.4) is 0 Å². The molecule has 0 radical (unpaired) electrons. The fourth-order valence-electron chi connectivity index (χ4n) is 2.30. The van der Waals surface area contributed by atoms with Crippen LogP contribution in [0.25, 0.3) is 0 Å². The van der Waals surface area contributed by atoms with E-state index in [-0.39, 0.29) is 5.91 Å². The van der Waals surface area contributed by atoms with Crippen LogP contribution >= 0.6 is 0 Å². The van der Waals surface area contributed by atoms with Crippen LogP contribution in [0.2, 0.25) is 0 Å².